The second-order valence-electron chi connectivity index (χ2n) is 4.53. The second-order valence-corrected chi connectivity index (χ2v) is 4.53. The number of fused-ring (bicyclic) bond motifs is 3. The molecule has 100 valence electrons. The van der Waals surface area contributed by atoms with Gasteiger partial charge in [-0.25, -0.2) is 0 Å². The van der Waals surface area contributed by atoms with E-state index in [-0.39, 0.29) is 21.1 Å². The van der Waals surface area contributed by atoms with Crippen LogP contribution in [-0.2, 0) is 21.1 Å². The number of hydrogen-bond donors (Lipinski definition) is 0. The van der Waals surface area contributed by atoms with Crippen LogP contribution in [0.2, 0.25) is 0 Å². The summed E-state index contributed by atoms with van der Waals surface area (Å²) in [6.45, 7) is 0. The minimum Gasteiger partial charge on any atom is -0.347 e. The molecule has 2 heterocycles. The Morgan fingerprint density at radius 2 is 1.85 bits per heavy atom. The van der Waals surface area contributed by atoms with Crippen LogP contribution in [0, 0.1) is 6.07 Å². The number of pyridine rings is 1. The van der Waals surface area contributed by atoms with E-state index < -0.39 is 0 Å². The molecule has 3 heteroatoms. The third-order valence-electron chi connectivity index (χ3n) is 3.39. The standard InChI is InChI=1S/C17H11N2.Pt/c1-2-6-13(7-3-1)16-12-19-11-10-18-17(19)15-9-5-4-8-14(15)16;/h1-8,10-12H;/q-1;. The molecule has 2 nitrogen and oxygen atoms in total. The molecule has 0 amide bonds. The number of aromatic nitrogens is 2. The molecule has 0 aliphatic heterocycles. The molecule has 4 rings (SSSR count). The molecule has 0 saturated carbocycles. The summed E-state index contributed by atoms with van der Waals surface area (Å²) in [6.07, 6.45) is 5.93. The zero-order valence-electron chi connectivity index (χ0n) is 10.6. The first-order valence-corrected chi connectivity index (χ1v) is 6.25. The van der Waals surface area contributed by atoms with E-state index in [4.69, 9.17) is 0 Å². The Morgan fingerprint density at radius 3 is 2.70 bits per heavy atom. The van der Waals surface area contributed by atoms with Gasteiger partial charge in [-0.1, -0.05) is 35.7 Å². The molecule has 0 radical (unpaired) electrons. The smallest absolute Gasteiger partial charge is 0.0604 e. The molecule has 0 N–H and O–H groups in total. The summed E-state index contributed by atoms with van der Waals surface area (Å²) in [5.41, 5.74) is 3.37. The van der Waals surface area contributed by atoms with Gasteiger partial charge in [0.15, 0.2) is 0 Å². The quantitative estimate of drug-likeness (QED) is 0.412. The van der Waals surface area contributed by atoms with Crippen molar-refractivity contribution in [1.29, 1.82) is 0 Å². The summed E-state index contributed by atoms with van der Waals surface area (Å²) in [7, 11) is 0. The number of nitrogens with zero attached hydrogens (tertiary/aromatic N) is 2. The molecule has 0 saturated heterocycles. The summed E-state index contributed by atoms with van der Waals surface area (Å²) >= 11 is 0. The van der Waals surface area contributed by atoms with E-state index in [9.17, 15) is 0 Å². The van der Waals surface area contributed by atoms with Crippen LogP contribution in [-0.4, -0.2) is 9.38 Å². The van der Waals surface area contributed by atoms with Gasteiger partial charge in [0, 0.05) is 33.5 Å². The normalized spacial score (nSPS) is 10.6. The zero-order chi connectivity index (χ0) is 12.7. The molecule has 4 aromatic rings. The van der Waals surface area contributed by atoms with Crippen molar-refractivity contribution in [2.45, 2.75) is 0 Å². The molecule has 2 aromatic heterocycles. The van der Waals surface area contributed by atoms with Crippen molar-refractivity contribution in [3.8, 4) is 11.1 Å². The van der Waals surface area contributed by atoms with Crippen molar-refractivity contribution in [1.82, 2.24) is 9.38 Å². The van der Waals surface area contributed by atoms with E-state index in [2.05, 4.69) is 52.0 Å². The Kier molecular flexibility index (Phi) is 3.41. The van der Waals surface area contributed by atoms with Crippen LogP contribution in [0.4, 0.5) is 0 Å². The fourth-order valence-electron chi connectivity index (χ4n) is 2.51. The monoisotopic (exact) mass is 438 g/mol. The minimum atomic E-state index is 0. The fourth-order valence-corrected chi connectivity index (χ4v) is 2.51. The Morgan fingerprint density at radius 1 is 1.00 bits per heavy atom. The van der Waals surface area contributed by atoms with Crippen molar-refractivity contribution in [2.24, 2.45) is 0 Å². The van der Waals surface area contributed by atoms with Gasteiger partial charge in [-0.2, -0.15) is 0 Å². The molecule has 0 fully saturated rings. The molecule has 0 aliphatic rings. The van der Waals surface area contributed by atoms with Gasteiger partial charge in [-0.05, 0) is 17.3 Å². The maximum atomic E-state index is 4.41. The molecule has 0 aliphatic carbocycles. The summed E-state index contributed by atoms with van der Waals surface area (Å²) in [5, 5.41) is 2.25. The molecule has 0 unspecified atom stereocenters. The predicted octanol–water partition coefficient (Wildman–Crippen LogP) is 3.95. The van der Waals surface area contributed by atoms with Crippen molar-refractivity contribution in [3.05, 3.63) is 73.2 Å². The Bertz CT molecular complexity index is 866. The van der Waals surface area contributed by atoms with Crippen molar-refractivity contribution >= 4 is 16.4 Å². The van der Waals surface area contributed by atoms with Gasteiger partial charge in [-0.3, -0.25) is 4.98 Å². The zero-order valence-corrected chi connectivity index (χ0v) is 12.8. The molecule has 0 bridgehead atoms. The first-order chi connectivity index (χ1) is 9.43. The van der Waals surface area contributed by atoms with E-state index in [0.29, 0.717) is 0 Å². The van der Waals surface area contributed by atoms with E-state index in [1.54, 1.807) is 0 Å². The van der Waals surface area contributed by atoms with E-state index in [0.717, 1.165) is 11.0 Å². The van der Waals surface area contributed by atoms with Gasteiger partial charge in [0.25, 0.3) is 0 Å². The van der Waals surface area contributed by atoms with Crippen LogP contribution in [0.1, 0.15) is 0 Å². The molecular formula is C17H11N2Pt-. The van der Waals surface area contributed by atoms with Gasteiger partial charge in [0.05, 0.1) is 5.65 Å². The Labute approximate surface area is 131 Å². The van der Waals surface area contributed by atoms with Crippen molar-refractivity contribution < 1.29 is 21.1 Å². The van der Waals surface area contributed by atoms with E-state index in [1.165, 1.54) is 16.5 Å². The third-order valence-corrected chi connectivity index (χ3v) is 3.39. The van der Waals surface area contributed by atoms with Gasteiger partial charge in [0.1, 0.15) is 0 Å². The number of benzene rings is 2. The molecule has 0 atom stereocenters. The molecule has 0 spiro atoms. The van der Waals surface area contributed by atoms with E-state index in [1.807, 2.05) is 30.6 Å². The first kappa shape index (κ1) is 13.1. The number of rotatable bonds is 1. The molecular weight excluding hydrogens is 427 g/mol. The maximum Gasteiger partial charge on any atom is 0.0604 e. The maximum absolute atomic E-state index is 4.41. The fraction of sp³-hybridized carbons (Fsp3) is 0. The van der Waals surface area contributed by atoms with Crippen LogP contribution in [0.25, 0.3) is 27.5 Å². The Hall–Kier alpha value is -1.92. The van der Waals surface area contributed by atoms with Gasteiger partial charge in [0.2, 0.25) is 0 Å². The molecule has 20 heavy (non-hydrogen) atoms. The van der Waals surface area contributed by atoms with Crippen LogP contribution < -0.4 is 0 Å². The summed E-state index contributed by atoms with van der Waals surface area (Å²) in [6, 6.07) is 19.8. The summed E-state index contributed by atoms with van der Waals surface area (Å²) in [4.78, 5) is 4.41. The third kappa shape index (κ3) is 1.97. The van der Waals surface area contributed by atoms with Crippen molar-refractivity contribution in [3.63, 3.8) is 0 Å². The first-order valence-electron chi connectivity index (χ1n) is 6.25. The summed E-state index contributed by atoms with van der Waals surface area (Å²) < 4.78 is 2.06. The topological polar surface area (TPSA) is 17.3 Å². The molecule has 2 aromatic carbocycles. The number of hydrogen-bond acceptors (Lipinski definition) is 1. The minimum absolute atomic E-state index is 0. The average molecular weight is 438 g/mol. The van der Waals surface area contributed by atoms with Crippen LogP contribution in [0.5, 0.6) is 0 Å². The predicted molar refractivity (Wildman–Crippen MR) is 77.0 cm³/mol. The second kappa shape index (κ2) is 5.22. The van der Waals surface area contributed by atoms with E-state index >= 15 is 0 Å². The van der Waals surface area contributed by atoms with Gasteiger partial charge < -0.3 is 4.40 Å². The largest absolute Gasteiger partial charge is 0.347 e. The average Bonchev–Trinajstić information content (AvgIpc) is 2.96. The SMILES string of the molecule is [Pt].[c-]1cccc2c(-c3ccccc3)cn3ccnc3c12. The summed E-state index contributed by atoms with van der Waals surface area (Å²) in [5.74, 6) is 0. The van der Waals surface area contributed by atoms with Crippen LogP contribution in [0.15, 0.2) is 67.1 Å². The van der Waals surface area contributed by atoms with Crippen LogP contribution >= 0.6 is 0 Å². The van der Waals surface area contributed by atoms with Gasteiger partial charge in [-0.15, -0.1) is 29.7 Å². The number of imidazole rings is 1. The van der Waals surface area contributed by atoms with Gasteiger partial charge >= 0.3 is 0 Å². The Balaban J connectivity index is 0.00000121. The van der Waals surface area contributed by atoms with Crippen molar-refractivity contribution in [2.75, 3.05) is 0 Å². The van der Waals surface area contributed by atoms with Crippen LogP contribution in [0.3, 0.4) is 0 Å².